The Morgan fingerprint density at radius 2 is 1.43 bits per heavy atom. The average Bonchev–Trinajstić information content (AvgIpc) is 3.13. The molecule has 0 aromatic rings. The summed E-state index contributed by atoms with van der Waals surface area (Å²) in [5.41, 5.74) is 0.0472. The molecule has 0 aromatic heterocycles. The van der Waals surface area contributed by atoms with Gasteiger partial charge in [-0.25, -0.2) is 0 Å². The first-order chi connectivity index (χ1) is 16.6. The number of rotatable bonds is 8. The molecule has 0 aromatic carbocycles. The zero-order chi connectivity index (χ0) is 25.8. The minimum atomic E-state index is -0.540. The summed E-state index contributed by atoms with van der Waals surface area (Å²) in [7, 11) is 3.80. The first-order valence-electron chi connectivity index (χ1n) is 12.2. The molecule has 1 saturated heterocycles. The molecule has 3 amide bonds. The van der Waals surface area contributed by atoms with Gasteiger partial charge in [-0.3, -0.25) is 9.59 Å². The number of ether oxygens (including phenoxy) is 3. The third kappa shape index (κ3) is 9.93. The molecular formula is C24H38BN3O7. The Morgan fingerprint density at radius 3 is 1.89 bits per heavy atom. The van der Waals surface area contributed by atoms with Gasteiger partial charge in [-0.05, 0) is 20.3 Å². The Bertz CT molecular complexity index is 783. The van der Waals surface area contributed by atoms with Crippen molar-refractivity contribution in [3.05, 3.63) is 12.2 Å². The topological polar surface area (TPSA) is 106 Å². The van der Waals surface area contributed by atoms with E-state index in [-0.39, 0.29) is 49.5 Å². The minimum absolute atomic E-state index is 0.0317. The SMILES string of the molecule is B=C1C=CC(=O)N1CCC(=O)N1CCOCCN(C(=O)CCC(=O)OC(C)(C)CC)CCOCC1. The van der Waals surface area contributed by atoms with Gasteiger partial charge in [0.2, 0.25) is 5.91 Å². The quantitative estimate of drug-likeness (QED) is 0.348. The van der Waals surface area contributed by atoms with Crippen molar-refractivity contribution >= 4 is 36.8 Å². The molecule has 10 nitrogen and oxygen atoms in total. The number of hydrogen-bond donors (Lipinski definition) is 0. The van der Waals surface area contributed by atoms with Crippen molar-refractivity contribution in [3.63, 3.8) is 0 Å². The summed E-state index contributed by atoms with van der Waals surface area (Å²) in [6.45, 7) is 8.71. The molecule has 0 aliphatic carbocycles. The van der Waals surface area contributed by atoms with Gasteiger partial charge in [0.05, 0.1) is 6.42 Å². The Labute approximate surface area is 208 Å². The second kappa shape index (κ2) is 14.1. The van der Waals surface area contributed by atoms with Crippen molar-refractivity contribution in [2.45, 2.75) is 52.1 Å². The molecule has 0 unspecified atom stereocenters. The average molecular weight is 491 g/mol. The zero-order valence-electron chi connectivity index (χ0n) is 21.3. The van der Waals surface area contributed by atoms with Crippen LogP contribution in [0, 0.1) is 0 Å². The Hall–Kier alpha value is -2.53. The van der Waals surface area contributed by atoms with E-state index in [9.17, 15) is 19.2 Å². The molecule has 0 atom stereocenters. The number of nitrogens with zero attached hydrogens (tertiary/aromatic N) is 3. The number of carbonyl (C=O) groups is 4. The van der Waals surface area contributed by atoms with E-state index < -0.39 is 5.60 Å². The third-order valence-electron chi connectivity index (χ3n) is 6.09. The van der Waals surface area contributed by atoms with Crippen molar-refractivity contribution in [2.75, 3.05) is 59.2 Å². The fourth-order valence-electron chi connectivity index (χ4n) is 3.53. The normalized spacial score (nSPS) is 18.3. The second-order valence-corrected chi connectivity index (χ2v) is 9.14. The molecular weight excluding hydrogens is 453 g/mol. The second-order valence-electron chi connectivity index (χ2n) is 9.14. The standard InChI is InChI=1S/C24H38BN3O7/c1-4-24(2,3)35-23(32)8-7-20(29)26-11-15-33-17-13-27(14-18-34-16-12-26)21(30)9-10-28-19(25)5-6-22(28)31/h5-6,25H,4,7-18H2,1-3H3. The van der Waals surface area contributed by atoms with Crippen LogP contribution in [0.2, 0.25) is 0 Å². The Balaban J connectivity index is 1.76. The fraction of sp³-hybridized carbons (Fsp3) is 0.708. The van der Waals surface area contributed by atoms with E-state index in [0.29, 0.717) is 64.6 Å². The molecule has 35 heavy (non-hydrogen) atoms. The maximum atomic E-state index is 12.7. The van der Waals surface area contributed by atoms with E-state index in [0.717, 1.165) is 0 Å². The van der Waals surface area contributed by atoms with Gasteiger partial charge in [-0.1, -0.05) is 6.92 Å². The molecule has 0 radical (unpaired) electrons. The van der Waals surface area contributed by atoms with Crippen LogP contribution in [-0.2, 0) is 33.4 Å². The van der Waals surface area contributed by atoms with E-state index in [1.807, 2.05) is 20.8 Å². The van der Waals surface area contributed by atoms with E-state index in [4.69, 9.17) is 14.2 Å². The maximum absolute atomic E-state index is 12.7. The molecule has 2 rings (SSSR count). The van der Waals surface area contributed by atoms with Crippen LogP contribution in [0.3, 0.4) is 0 Å². The first kappa shape index (κ1) is 28.7. The number of amides is 3. The molecule has 0 spiro atoms. The van der Waals surface area contributed by atoms with Crippen LogP contribution in [-0.4, -0.2) is 116 Å². The summed E-state index contributed by atoms with van der Waals surface area (Å²) in [6, 6.07) is 0. The van der Waals surface area contributed by atoms with Crippen LogP contribution in [0.5, 0.6) is 0 Å². The summed E-state index contributed by atoms with van der Waals surface area (Å²) in [6.07, 6.45) is 4.07. The summed E-state index contributed by atoms with van der Waals surface area (Å²) in [5.74, 6) is -0.781. The number of esters is 1. The van der Waals surface area contributed by atoms with E-state index >= 15 is 0 Å². The molecule has 1 fully saturated rings. The summed E-state index contributed by atoms with van der Waals surface area (Å²) < 4.78 is 16.8. The van der Waals surface area contributed by atoms with Crippen molar-refractivity contribution in [1.82, 2.24) is 14.7 Å². The van der Waals surface area contributed by atoms with Gasteiger partial charge in [-0.2, -0.15) is 0 Å². The van der Waals surface area contributed by atoms with Crippen LogP contribution in [0.25, 0.3) is 0 Å². The molecule has 2 aliphatic heterocycles. The monoisotopic (exact) mass is 491 g/mol. The molecule has 194 valence electrons. The first-order valence-corrected chi connectivity index (χ1v) is 12.2. The van der Waals surface area contributed by atoms with Gasteiger partial charge in [0.1, 0.15) is 5.60 Å². The fourth-order valence-corrected chi connectivity index (χ4v) is 3.53. The van der Waals surface area contributed by atoms with Gasteiger partial charge in [0.25, 0.3) is 0 Å². The van der Waals surface area contributed by atoms with E-state index in [1.54, 1.807) is 15.9 Å². The van der Waals surface area contributed by atoms with Gasteiger partial charge in [0, 0.05) is 6.42 Å². The number of carbonyl (C=O) groups excluding carboxylic acids is 4. The predicted molar refractivity (Wildman–Crippen MR) is 132 cm³/mol. The van der Waals surface area contributed by atoms with Crippen LogP contribution in [0.4, 0.5) is 0 Å². The molecule has 11 heteroatoms. The predicted octanol–water partition coefficient (Wildman–Crippen LogP) is 0.0216. The molecule has 0 bridgehead atoms. The van der Waals surface area contributed by atoms with Gasteiger partial charge >= 0.3 is 142 Å². The third-order valence-corrected chi connectivity index (χ3v) is 6.09. The van der Waals surface area contributed by atoms with Gasteiger partial charge in [0.15, 0.2) is 0 Å². The van der Waals surface area contributed by atoms with Crippen LogP contribution >= 0.6 is 0 Å². The molecule has 0 N–H and O–H groups in total. The van der Waals surface area contributed by atoms with Crippen LogP contribution in [0.1, 0.15) is 46.5 Å². The van der Waals surface area contributed by atoms with Crippen LogP contribution < -0.4 is 0 Å². The van der Waals surface area contributed by atoms with Crippen molar-refractivity contribution < 1.29 is 33.4 Å². The summed E-state index contributed by atoms with van der Waals surface area (Å²) in [4.78, 5) is 54.0. The molecule has 2 heterocycles. The van der Waals surface area contributed by atoms with Gasteiger partial charge in [-0.15, -0.1) is 0 Å². The van der Waals surface area contributed by atoms with E-state index in [2.05, 4.69) is 7.49 Å². The van der Waals surface area contributed by atoms with Crippen molar-refractivity contribution in [3.8, 4) is 0 Å². The Morgan fingerprint density at radius 1 is 0.914 bits per heavy atom. The zero-order valence-corrected chi connectivity index (χ0v) is 21.3. The Kier molecular flexibility index (Phi) is 11.6. The summed E-state index contributed by atoms with van der Waals surface area (Å²) >= 11 is 0. The molecule has 0 saturated carbocycles. The number of hydrogen-bond acceptors (Lipinski definition) is 7. The van der Waals surface area contributed by atoms with Gasteiger partial charge < -0.3 is 4.74 Å². The molecule has 2 aliphatic rings. The van der Waals surface area contributed by atoms with E-state index in [1.165, 1.54) is 11.0 Å². The van der Waals surface area contributed by atoms with Crippen molar-refractivity contribution in [1.29, 1.82) is 0 Å². The van der Waals surface area contributed by atoms with Crippen LogP contribution in [0.15, 0.2) is 12.2 Å². The van der Waals surface area contributed by atoms with Crippen molar-refractivity contribution in [2.24, 2.45) is 0 Å². The summed E-state index contributed by atoms with van der Waals surface area (Å²) in [5, 5.41) is 0.